The average molecular weight is 325 g/mol. The fraction of sp³-hybridized carbons (Fsp3) is 0.733. The Labute approximate surface area is 123 Å². The molecular formula is C15H21BrN2O. The normalized spacial score (nSPS) is 23.3. The molecule has 0 aliphatic heterocycles. The maximum Gasteiger partial charge on any atom is 0.218 e. The van der Waals surface area contributed by atoms with Gasteiger partial charge in [0.2, 0.25) is 5.88 Å². The highest BCUT2D eigenvalue weighted by molar-refractivity contribution is 9.10. The first-order valence-corrected chi connectivity index (χ1v) is 8.02. The van der Waals surface area contributed by atoms with Gasteiger partial charge < -0.3 is 4.74 Å². The molecule has 0 amide bonds. The van der Waals surface area contributed by atoms with E-state index in [1.165, 1.54) is 25.7 Å². The molecule has 2 aliphatic rings. The Morgan fingerprint density at radius 1 is 1.16 bits per heavy atom. The van der Waals surface area contributed by atoms with Crippen molar-refractivity contribution in [3.8, 4) is 5.88 Å². The number of rotatable bonds is 3. The Morgan fingerprint density at radius 3 is 2.47 bits per heavy atom. The topological polar surface area (TPSA) is 35.0 Å². The molecule has 0 N–H and O–H groups in total. The summed E-state index contributed by atoms with van der Waals surface area (Å²) in [6.07, 6.45) is 7.49. The van der Waals surface area contributed by atoms with E-state index in [-0.39, 0.29) is 0 Å². The van der Waals surface area contributed by atoms with Crippen LogP contribution in [-0.2, 0) is 0 Å². The van der Waals surface area contributed by atoms with Gasteiger partial charge in [-0.2, -0.15) is 4.98 Å². The molecule has 1 aromatic rings. The monoisotopic (exact) mass is 324 g/mol. The molecule has 4 heteroatoms. The molecule has 2 aliphatic carbocycles. The quantitative estimate of drug-likeness (QED) is 0.770. The van der Waals surface area contributed by atoms with Crippen LogP contribution in [0.1, 0.15) is 64.1 Å². The van der Waals surface area contributed by atoms with Gasteiger partial charge in [-0.1, -0.05) is 13.8 Å². The number of nitrogens with zero attached hydrogens (tertiary/aromatic N) is 2. The van der Waals surface area contributed by atoms with Crippen LogP contribution in [0, 0.1) is 5.41 Å². The Hall–Kier alpha value is -0.640. The second kappa shape index (κ2) is 5.04. The average Bonchev–Trinajstić information content (AvgIpc) is 3.15. The van der Waals surface area contributed by atoms with Crippen LogP contribution in [0.3, 0.4) is 0 Å². The van der Waals surface area contributed by atoms with Crippen molar-refractivity contribution in [3.63, 3.8) is 0 Å². The Morgan fingerprint density at radius 2 is 1.84 bits per heavy atom. The smallest absolute Gasteiger partial charge is 0.218 e. The third-order valence-corrected chi connectivity index (χ3v) is 4.61. The summed E-state index contributed by atoms with van der Waals surface area (Å²) in [6, 6.07) is 1.89. The third-order valence-electron chi connectivity index (χ3n) is 4.20. The maximum atomic E-state index is 6.07. The summed E-state index contributed by atoms with van der Waals surface area (Å²) in [6.45, 7) is 4.69. The van der Waals surface area contributed by atoms with E-state index in [0.29, 0.717) is 17.4 Å². The highest BCUT2D eigenvalue weighted by Crippen LogP contribution is 2.40. The van der Waals surface area contributed by atoms with E-state index in [2.05, 4.69) is 39.7 Å². The van der Waals surface area contributed by atoms with Crippen LogP contribution in [0.25, 0.3) is 0 Å². The predicted molar refractivity (Wildman–Crippen MR) is 78.4 cm³/mol. The van der Waals surface area contributed by atoms with E-state index in [1.54, 1.807) is 0 Å². The molecule has 0 radical (unpaired) electrons. The first-order chi connectivity index (χ1) is 9.02. The summed E-state index contributed by atoms with van der Waals surface area (Å²) in [7, 11) is 0. The van der Waals surface area contributed by atoms with E-state index < -0.39 is 0 Å². The standard InChI is InChI=1S/C15H21BrN2O/c1-15(2)7-5-11(6-8-15)19-13-9-12(16)17-14(18-13)10-3-4-10/h9-11H,3-8H2,1-2H3. The molecular weight excluding hydrogens is 304 g/mol. The van der Waals surface area contributed by atoms with Gasteiger partial charge in [0.05, 0.1) is 0 Å². The van der Waals surface area contributed by atoms with Gasteiger partial charge in [-0.05, 0) is 59.9 Å². The molecule has 3 nitrogen and oxygen atoms in total. The molecule has 1 heterocycles. The lowest BCUT2D eigenvalue weighted by Crippen LogP contribution is -2.28. The van der Waals surface area contributed by atoms with Crippen LogP contribution in [0.2, 0.25) is 0 Å². The lowest BCUT2D eigenvalue weighted by Gasteiger charge is -2.34. The van der Waals surface area contributed by atoms with Crippen molar-refractivity contribution >= 4 is 15.9 Å². The van der Waals surface area contributed by atoms with Crippen molar-refractivity contribution in [3.05, 3.63) is 16.5 Å². The largest absolute Gasteiger partial charge is 0.474 e. The molecule has 0 spiro atoms. The van der Waals surface area contributed by atoms with E-state index in [9.17, 15) is 0 Å². The summed E-state index contributed by atoms with van der Waals surface area (Å²) in [5.74, 6) is 2.25. The van der Waals surface area contributed by atoms with Crippen molar-refractivity contribution in [1.82, 2.24) is 9.97 Å². The molecule has 104 valence electrons. The molecule has 2 fully saturated rings. The Kier molecular flexibility index (Phi) is 3.54. The highest BCUT2D eigenvalue weighted by atomic mass is 79.9. The zero-order valence-corrected chi connectivity index (χ0v) is 13.2. The molecule has 0 aromatic carbocycles. The fourth-order valence-corrected chi connectivity index (χ4v) is 3.04. The minimum atomic E-state index is 0.321. The van der Waals surface area contributed by atoms with Gasteiger partial charge in [0.25, 0.3) is 0 Å². The van der Waals surface area contributed by atoms with Gasteiger partial charge in [0.15, 0.2) is 0 Å². The summed E-state index contributed by atoms with van der Waals surface area (Å²) in [4.78, 5) is 9.00. The second-order valence-corrected chi connectivity index (χ2v) is 7.46. The van der Waals surface area contributed by atoms with Gasteiger partial charge in [-0.25, -0.2) is 4.98 Å². The van der Waals surface area contributed by atoms with Crippen molar-refractivity contribution in [1.29, 1.82) is 0 Å². The van der Waals surface area contributed by atoms with E-state index in [1.807, 2.05) is 6.07 Å². The van der Waals surface area contributed by atoms with Crippen molar-refractivity contribution < 1.29 is 4.74 Å². The molecule has 0 unspecified atom stereocenters. The molecule has 2 saturated carbocycles. The Balaban J connectivity index is 1.66. The molecule has 3 rings (SSSR count). The van der Waals surface area contributed by atoms with Crippen molar-refractivity contribution in [2.24, 2.45) is 5.41 Å². The van der Waals surface area contributed by atoms with E-state index in [4.69, 9.17) is 4.74 Å². The van der Waals surface area contributed by atoms with Crippen molar-refractivity contribution in [2.75, 3.05) is 0 Å². The van der Waals surface area contributed by atoms with Gasteiger partial charge in [-0.3, -0.25) is 0 Å². The van der Waals surface area contributed by atoms with Crippen LogP contribution >= 0.6 is 15.9 Å². The third kappa shape index (κ3) is 3.47. The number of ether oxygens (including phenoxy) is 1. The minimum absolute atomic E-state index is 0.321. The van der Waals surface area contributed by atoms with Crippen LogP contribution in [0.5, 0.6) is 5.88 Å². The van der Waals surface area contributed by atoms with Crippen molar-refractivity contribution in [2.45, 2.75) is 64.4 Å². The summed E-state index contributed by atoms with van der Waals surface area (Å²) >= 11 is 3.46. The molecule has 19 heavy (non-hydrogen) atoms. The fourth-order valence-electron chi connectivity index (χ4n) is 2.66. The van der Waals surface area contributed by atoms with E-state index >= 15 is 0 Å². The van der Waals surface area contributed by atoms with Gasteiger partial charge in [-0.15, -0.1) is 0 Å². The number of hydrogen-bond acceptors (Lipinski definition) is 3. The summed E-state index contributed by atoms with van der Waals surface area (Å²) in [5.41, 5.74) is 0.477. The number of halogens is 1. The lowest BCUT2D eigenvalue weighted by molar-refractivity contribution is 0.0944. The maximum absolute atomic E-state index is 6.07. The van der Waals surface area contributed by atoms with Gasteiger partial charge >= 0.3 is 0 Å². The number of hydrogen-bond donors (Lipinski definition) is 0. The highest BCUT2D eigenvalue weighted by Gasteiger charge is 2.30. The summed E-state index contributed by atoms with van der Waals surface area (Å²) in [5, 5.41) is 0. The zero-order chi connectivity index (χ0) is 13.5. The zero-order valence-electron chi connectivity index (χ0n) is 11.7. The SMILES string of the molecule is CC1(C)CCC(Oc2cc(Br)nc(C3CC3)n2)CC1. The van der Waals surface area contributed by atoms with Crippen LogP contribution in [0.4, 0.5) is 0 Å². The Bertz CT molecular complexity index is 461. The molecule has 1 aromatic heterocycles. The van der Waals surface area contributed by atoms with Crippen LogP contribution in [-0.4, -0.2) is 16.1 Å². The molecule has 0 atom stereocenters. The predicted octanol–water partition coefficient (Wildman–Crippen LogP) is 4.46. The summed E-state index contributed by atoms with van der Waals surface area (Å²) < 4.78 is 6.91. The second-order valence-electron chi connectivity index (χ2n) is 6.64. The van der Waals surface area contributed by atoms with Crippen LogP contribution < -0.4 is 4.74 Å². The van der Waals surface area contributed by atoms with Gasteiger partial charge in [0, 0.05) is 12.0 Å². The first-order valence-electron chi connectivity index (χ1n) is 7.23. The minimum Gasteiger partial charge on any atom is -0.474 e. The van der Waals surface area contributed by atoms with E-state index in [0.717, 1.165) is 29.1 Å². The molecule has 0 bridgehead atoms. The molecule has 0 saturated heterocycles. The lowest BCUT2D eigenvalue weighted by atomic mass is 9.76. The number of aromatic nitrogens is 2. The first kappa shape index (κ1) is 13.3. The van der Waals surface area contributed by atoms with Crippen LogP contribution in [0.15, 0.2) is 10.7 Å². The van der Waals surface area contributed by atoms with Gasteiger partial charge in [0.1, 0.15) is 16.5 Å².